The van der Waals surface area contributed by atoms with Crippen molar-refractivity contribution in [1.82, 2.24) is 0 Å². The number of hydrogen-bond donors (Lipinski definition) is 2. The fourth-order valence-electron chi connectivity index (χ4n) is 2.19. The summed E-state index contributed by atoms with van der Waals surface area (Å²) in [6.07, 6.45) is 0.0693. The third-order valence-electron chi connectivity index (χ3n) is 3.15. The molecule has 0 atom stereocenters. The quantitative estimate of drug-likeness (QED) is 0.771. The normalized spacial score (nSPS) is 10.3. The van der Waals surface area contributed by atoms with Crippen molar-refractivity contribution in [3.8, 4) is 11.5 Å². The summed E-state index contributed by atoms with van der Waals surface area (Å²) in [6.45, 7) is 6.53. The van der Waals surface area contributed by atoms with E-state index in [2.05, 4.69) is 10.6 Å². The number of carbonyl (C=O) groups excluding carboxylic acids is 1. The van der Waals surface area contributed by atoms with E-state index in [1.165, 1.54) is 0 Å². The van der Waals surface area contributed by atoms with Gasteiger partial charge in [0, 0.05) is 0 Å². The average Bonchev–Trinajstić information content (AvgIpc) is 2.55. The molecule has 0 radical (unpaired) electrons. The maximum atomic E-state index is 12.2. The highest BCUT2D eigenvalue weighted by atomic mass is 16.5. The van der Waals surface area contributed by atoms with Gasteiger partial charge in [0.15, 0.2) is 0 Å². The number of nitrogens with one attached hydrogen (secondary N) is 2. The lowest BCUT2D eigenvalue weighted by atomic mass is 10.2. The number of carbonyl (C=O) groups is 1. The van der Waals surface area contributed by atoms with Crippen molar-refractivity contribution < 1.29 is 14.3 Å². The SMILES string of the molecule is CCOc1ccccc1NC(=O)CNc1ccccc1OC(C)C. The molecular weight excluding hydrogens is 304 g/mol. The van der Waals surface area contributed by atoms with Gasteiger partial charge in [0.05, 0.1) is 30.6 Å². The van der Waals surface area contributed by atoms with Crippen LogP contribution in [0.4, 0.5) is 11.4 Å². The van der Waals surface area contributed by atoms with Gasteiger partial charge in [-0.2, -0.15) is 0 Å². The van der Waals surface area contributed by atoms with Gasteiger partial charge in [-0.05, 0) is 45.0 Å². The summed E-state index contributed by atoms with van der Waals surface area (Å²) in [5.41, 5.74) is 1.46. The van der Waals surface area contributed by atoms with Crippen LogP contribution in [0.1, 0.15) is 20.8 Å². The minimum absolute atomic E-state index is 0.0693. The Hall–Kier alpha value is -2.69. The molecule has 0 aliphatic carbocycles. The zero-order valence-electron chi connectivity index (χ0n) is 14.3. The van der Waals surface area contributed by atoms with Crippen LogP contribution >= 0.6 is 0 Å². The highest BCUT2D eigenvalue weighted by molar-refractivity contribution is 5.95. The van der Waals surface area contributed by atoms with Gasteiger partial charge in [-0.1, -0.05) is 24.3 Å². The molecule has 1 amide bonds. The van der Waals surface area contributed by atoms with Gasteiger partial charge in [-0.25, -0.2) is 0 Å². The summed E-state index contributed by atoms with van der Waals surface area (Å²) < 4.78 is 11.2. The van der Waals surface area contributed by atoms with E-state index in [0.717, 1.165) is 11.4 Å². The summed E-state index contributed by atoms with van der Waals surface area (Å²) >= 11 is 0. The molecule has 2 N–H and O–H groups in total. The van der Waals surface area contributed by atoms with E-state index in [1.807, 2.05) is 69.3 Å². The molecular formula is C19H24N2O3. The standard InChI is InChI=1S/C19H24N2O3/c1-4-23-17-11-7-6-10-16(17)21-19(22)13-20-15-9-5-8-12-18(15)24-14(2)3/h5-12,14,20H,4,13H2,1-3H3,(H,21,22). The minimum atomic E-state index is -0.151. The van der Waals surface area contributed by atoms with E-state index in [0.29, 0.717) is 18.0 Å². The van der Waals surface area contributed by atoms with Gasteiger partial charge in [0.2, 0.25) is 5.91 Å². The van der Waals surface area contributed by atoms with Crippen LogP contribution in [-0.2, 0) is 4.79 Å². The molecule has 2 aromatic carbocycles. The van der Waals surface area contributed by atoms with Gasteiger partial charge in [0.1, 0.15) is 11.5 Å². The zero-order chi connectivity index (χ0) is 17.4. The van der Waals surface area contributed by atoms with Crippen molar-refractivity contribution in [2.24, 2.45) is 0 Å². The lowest BCUT2D eigenvalue weighted by Gasteiger charge is -2.16. The van der Waals surface area contributed by atoms with Gasteiger partial charge < -0.3 is 20.1 Å². The maximum Gasteiger partial charge on any atom is 0.243 e. The Kier molecular flexibility index (Phi) is 6.49. The molecule has 0 aliphatic heterocycles. The summed E-state index contributed by atoms with van der Waals surface area (Å²) in [5.74, 6) is 1.24. The Morgan fingerprint density at radius 3 is 2.29 bits per heavy atom. The predicted octanol–water partition coefficient (Wildman–Crippen LogP) is 3.92. The molecule has 0 saturated heterocycles. The summed E-state index contributed by atoms with van der Waals surface area (Å²) in [5, 5.41) is 5.97. The Morgan fingerprint density at radius 2 is 1.62 bits per heavy atom. The average molecular weight is 328 g/mol. The van der Waals surface area contributed by atoms with E-state index in [4.69, 9.17) is 9.47 Å². The number of ether oxygens (including phenoxy) is 2. The van der Waals surface area contributed by atoms with Gasteiger partial charge in [-0.3, -0.25) is 4.79 Å². The molecule has 5 heteroatoms. The number of amides is 1. The number of hydrogen-bond acceptors (Lipinski definition) is 4. The first-order valence-electron chi connectivity index (χ1n) is 8.11. The van der Waals surface area contributed by atoms with E-state index >= 15 is 0 Å². The first-order valence-corrected chi connectivity index (χ1v) is 8.11. The van der Waals surface area contributed by atoms with Crippen LogP contribution in [0.15, 0.2) is 48.5 Å². The monoisotopic (exact) mass is 328 g/mol. The van der Waals surface area contributed by atoms with E-state index in [1.54, 1.807) is 0 Å². The van der Waals surface area contributed by atoms with Crippen molar-refractivity contribution in [3.63, 3.8) is 0 Å². The third kappa shape index (κ3) is 5.19. The molecule has 5 nitrogen and oxygen atoms in total. The second kappa shape index (κ2) is 8.82. The molecule has 2 rings (SSSR count). The minimum Gasteiger partial charge on any atom is -0.492 e. The largest absolute Gasteiger partial charge is 0.492 e. The Morgan fingerprint density at radius 1 is 1.00 bits per heavy atom. The second-order valence-corrected chi connectivity index (χ2v) is 5.49. The van der Waals surface area contributed by atoms with Crippen LogP contribution in [-0.4, -0.2) is 25.2 Å². The van der Waals surface area contributed by atoms with Crippen LogP contribution < -0.4 is 20.1 Å². The third-order valence-corrected chi connectivity index (χ3v) is 3.15. The van der Waals surface area contributed by atoms with Gasteiger partial charge in [-0.15, -0.1) is 0 Å². The molecule has 0 heterocycles. The molecule has 0 spiro atoms. The number of anilines is 2. The molecule has 24 heavy (non-hydrogen) atoms. The summed E-state index contributed by atoms with van der Waals surface area (Å²) in [6, 6.07) is 15.0. The van der Waals surface area contributed by atoms with E-state index < -0.39 is 0 Å². The predicted molar refractivity (Wildman–Crippen MR) is 96.9 cm³/mol. The summed E-state index contributed by atoms with van der Waals surface area (Å²) in [7, 11) is 0. The number of benzene rings is 2. The lowest BCUT2D eigenvalue weighted by molar-refractivity contribution is -0.114. The fourth-order valence-corrected chi connectivity index (χ4v) is 2.19. The second-order valence-electron chi connectivity index (χ2n) is 5.49. The van der Waals surface area contributed by atoms with E-state index in [-0.39, 0.29) is 18.6 Å². The Balaban J connectivity index is 1.97. The molecule has 0 aromatic heterocycles. The highest BCUT2D eigenvalue weighted by Crippen LogP contribution is 2.25. The molecule has 0 saturated carbocycles. The van der Waals surface area contributed by atoms with Crippen LogP contribution in [0.25, 0.3) is 0 Å². The lowest BCUT2D eigenvalue weighted by Crippen LogP contribution is -2.22. The molecule has 0 unspecified atom stereocenters. The topological polar surface area (TPSA) is 59.6 Å². The van der Waals surface area contributed by atoms with E-state index in [9.17, 15) is 4.79 Å². The van der Waals surface area contributed by atoms with Gasteiger partial charge in [0.25, 0.3) is 0 Å². The first kappa shape index (κ1) is 17.7. The van der Waals surface area contributed by atoms with Crippen molar-refractivity contribution in [2.75, 3.05) is 23.8 Å². The van der Waals surface area contributed by atoms with Gasteiger partial charge >= 0.3 is 0 Å². The maximum absolute atomic E-state index is 12.2. The molecule has 0 aliphatic rings. The fraction of sp³-hybridized carbons (Fsp3) is 0.316. The van der Waals surface area contributed by atoms with Crippen LogP contribution in [0.2, 0.25) is 0 Å². The molecule has 128 valence electrons. The van der Waals surface area contributed by atoms with Crippen molar-refractivity contribution in [2.45, 2.75) is 26.9 Å². The Labute approximate surface area is 143 Å². The first-order chi connectivity index (χ1) is 11.6. The van der Waals surface area contributed by atoms with Crippen molar-refractivity contribution >= 4 is 17.3 Å². The highest BCUT2D eigenvalue weighted by Gasteiger charge is 2.09. The van der Waals surface area contributed by atoms with Crippen molar-refractivity contribution in [1.29, 1.82) is 0 Å². The van der Waals surface area contributed by atoms with Crippen LogP contribution in [0.5, 0.6) is 11.5 Å². The van der Waals surface area contributed by atoms with Crippen LogP contribution in [0.3, 0.4) is 0 Å². The molecule has 0 bridgehead atoms. The Bertz CT molecular complexity index is 671. The number of para-hydroxylation sites is 4. The smallest absolute Gasteiger partial charge is 0.243 e. The molecule has 2 aromatic rings. The van der Waals surface area contributed by atoms with Crippen LogP contribution in [0, 0.1) is 0 Å². The van der Waals surface area contributed by atoms with Crippen molar-refractivity contribution in [3.05, 3.63) is 48.5 Å². The zero-order valence-corrected chi connectivity index (χ0v) is 14.3. The molecule has 0 fully saturated rings. The number of rotatable bonds is 8. The summed E-state index contributed by atoms with van der Waals surface area (Å²) in [4.78, 5) is 12.2.